The van der Waals surface area contributed by atoms with Crippen LogP contribution in [0.4, 0.5) is 4.79 Å². The van der Waals surface area contributed by atoms with Gasteiger partial charge in [-0.3, -0.25) is 0 Å². The van der Waals surface area contributed by atoms with Crippen LogP contribution in [0.25, 0.3) is 0 Å². The number of aliphatic carboxylic acids is 1. The fourth-order valence-electron chi connectivity index (χ4n) is 2.24. The molecule has 0 bridgehead atoms. The van der Waals surface area contributed by atoms with Crippen molar-refractivity contribution < 1.29 is 14.7 Å². The highest BCUT2D eigenvalue weighted by molar-refractivity contribution is 5.82. The van der Waals surface area contributed by atoms with Gasteiger partial charge in [0.15, 0.2) is 0 Å². The average Bonchev–Trinajstić information content (AvgIpc) is 2.74. The second-order valence-corrected chi connectivity index (χ2v) is 4.64. The lowest BCUT2D eigenvalue weighted by atomic mass is 10.0. The maximum atomic E-state index is 11.8. The van der Waals surface area contributed by atoms with E-state index in [-0.39, 0.29) is 6.03 Å². The molecule has 2 N–H and O–H groups in total. The van der Waals surface area contributed by atoms with Gasteiger partial charge >= 0.3 is 12.0 Å². The van der Waals surface area contributed by atoms with Gasteiger partial charge in [-0.1, -0.05) is 20.3 Å². The van der Waals surface area contributed by atoms with Gasteiger partial charge < -0.3 is 15.3 Å². The van der Waals surface area contributed by atoms with E-state index in [1.54, 1.807) is 11.8 Å². The normalized spacial score (nSPS) is 21.3. The van der Waals surface area contributed by atoms with Gasteiger partial charge in [-0.2, -0.15) is 0 Å². The summed E-state index contributed by atoms with van der Waals surface area (Å²) < 4.78 is 0. The third kappa shape index (κ3) is 3.91. The second-order valence-electron chi connectivity index (χ2n) is 4.64. The summed E-state index contributed by atoms with van der Waals surface area (Å²) in [5.74, 6) is -0.388. The van der Waals surface area contributed by atoms with Crippen molar-refractivity contribution in [3.63, 3.8) is 0 Å². The van der Waals surface area contributed by atoms with E-state index in [1.807, 2.05) is 0 Å². The molecule has 1 saturated heterocycles. The molecule has 0 saturated carbocycles. The maximum Gasteiger partial charge on any atom is 0.326 e. The highest BCUT2D eigenvalue weighted by Gasteiger charge is 2.27. The molecule has 0 spiro atoms. The molecule has 0 aromatic carbocycles. The number of hydrogen-bond acceptors (Lipinski definition) is 2. The van der Waals surface area contributed by atoms with Crippen LogP contribution in [0.15, 0.2) is 0 Å². The summed E-state index contributed by atoms with van der Waals surface area (Å²) in [5.41, 5.74) is 0. The Kier molecular flexibility index (Phi) is 5.25. The third-order valence-corrected chi connectivity index (χ3v) is 3.27. The van der Waals surface area contributed by atoms with Crippen molar-refractivity contribution in [2.45, 2.75) is 45.6 Å². The lowest BCUT2D eigenvalue weighted by Crippen LogP contribution is -2.46. The van der Waals surface area contributed by atoms with Gasteiger partial charge in [0.25, 0.3) is 0 Å². The zero-order valence-electron chi connectivity index (χ0n) is 10.6. The Morgan fingerprint density at radius 1 is 1.47 bits per heavy atom. The van der Waals surface area contributed by atoms with E-state index >= 15 is 0 Å². The highest BCUT2D eigenvalue weighted by Crippen LogP contribution is 2.20. The monoisotopic (exact) mass is 242 g/mol. The smallest absolute Gasteiger partial charge is 0.326 e. The Bertz CT molecular complexity index is 281. The fourth-order valence-corrected chi connectivity index (χ4v) is 2.24. The first-order valence-corrected chi connectivity index (χ1v) is 6.36. The number of nitrogens with zero attached hydrogens (tertiary/aromatic N) is 1. The summed E-state index contributed by atoms with van der Waals surface area (Å²) in [5, 5.41) is 11.4. The van der Waals surface area contributed by atoms with E-state index in [1.165, 1.54) is 0 Å². The molecule has 2 unspecified atom stereocenters. The van der Waals surface area contributed by atoms with Gasteiger partial charge in [-0.15, -0.1) is 0 Å². The molecule has 2 atom stereocenters. The second kappa shape index (κ2) is 6.47. The minimum Gasteiger partial charge on any atom is -0.480 e. The van der Waals surface area contributed by atoms with Crippen LogP contribution in [0.5, 0.6) is 0 Å². The Labute approximate surface area is 102 Å². The molecule has 5 heteroatoms. The van der Waals surface area contributed by atoms with Crippen molar-refractivity contribution >= 4 is 12.0 Å². The molecule has 0 aromatic heterocycles. The van der Waals surface area contributed by atoms with Crippen LogP contribution in [0.1, 0.15) is 39.5 Å². The average molecular weight is 242 g/mol. The van der Waals surface area contributed by atoms with Crippen LogP contribution < -0.4 is 5.32 Å². The number of amides is 2. The van der Waals surface area contributed by atoms with Gasteiger partial charge in [0, 0.05) is 13.1 Å². The minimum absolute atomic E-state index is 0.238. The molecule has 2 amide bonds. The Morgan fingerprint density at radius 3 is 2.71 bits per heavy atom. The van der Waals surface area contributed by atoms with E-state index in [0.717, 1.165) is 32.4 Å². The summed E-state index contributed by atoms with van der Waals surface area (Å²) in [6.07, 6.45) is 3.71. The molecule has 1 aliphatic rings. The number of nitrogens with one attached hydrogen (secondary N) is 1. The van der Waals surface area contributed by atoms with Crippen molar-refractivity contribution in [2.24, 2.45) is 5.92 Å². The molecule has 98 valence electrons. The number of urea groups is 1. The van der Waals surface area contributed by atoms with Crippen LogP contribution in [-0.2, 0) is 4.79 Å². The molecular weight excluding hydrogens is 220 g/mol. The Hall–Kier alpha value is -1.26. The maximum absolute atomic E-state index is 11.8. The molecule has 1 heterocycles. The van der Waals surface area contributed by atoms with Crippen molar-refractivity contribution in [3.8, 4) is 0 Å². The van der Waals surface area contributed by atoms with Gasteiger partial charge in [0.1, 0.15) is 6.04 Å². The van der Waals surface area contributed by atoms with Gasteiger partial charge in [-0.25, -0.2) is 9.59 Å². The van der Waals surface area contributed by atoms with E-state index in [0.29, 0.717) is 12.3 Å². The molecule has 1 rings (SSSR count). The van der Waals surface area contributed by atoms with Crippen LogP contribution in [0.3, 0.4) is 0 Å². The molecule has 1 aliphatic heterocycles. The topological polar surface area (TPSA) is 69.6 Å². The molecular formula is C12H22N2O3. The number of carboxylic acid groups (broad SMARTS) is 1. The largest absolute Gasteiger partial charge is 0.480 e. The number of carbonyl (C=O) groups excluding carboxylic acids is 1. The number of carbonyl (C=O) groups is 2. The molecule has 0 aliphatic carbocycles. The SMILES string of the molecule is CCCC1CCN(C(=O)NC(CC)C(=O)O)C1. The third-order valence-electron chi connectivity index (χ3n) is 3.27. The standard InChI is InChI=1S/C12H22N2O3/c1-3-5-9-6-7-14(8-9)12(17)13-10(4-2)11(15)16/h9-10H,3-8H2,1-2H3,(H,13,17)(H,15,16). The van der Waals surface area contributed by atoms with E-state index < -0.39 is 12.0 Å². The molecule has 0 aromatic rings. The van der Waals surface area contributed by atoms with Crippen molar-refractivity contribution in [1.29, 1.82) is 0 Å². The Balaban J connectivity index is 2.41. The first-order valence-electron chi connectivity index (χ1n) is 6.36. The molecule has 5 nitrogen and oxygen atoms in total. The van der Waals surface area contributed by atoms with Crippen LogP contribution in [0, 0.1) is 5.92 Å². The van der Waals surface area contributed by atoms with Crippen LogP contribution >= 0.6 is 0 Å². The van der Waals surface area contributed by atoms with Crippen LogP contribution in [-0.4, -0.2) is 41.1 Å². The predicted octanol–water partition coefficient (Wildman–Crippen LogP) is 1.68. The first kappa shape index (κ1) is 13.8. The van der Waals surface area contributed by atoms with E-state index in [2.05, 4.69) is 12.2 Å². The van der Waals surface area contributed by atoms with E-state index in [4.69, 9.17) is 5.11 Å². The lowest BCUT2D eigenvalue weighted by molar-refractivity contribution is -0.139. The molecule has 0 radical (unpaired) electrons. The van der Waals surface area contributed by atoms with Gasteiger partial charge in [0.05, 0.1) is 0 Å². The summed E-state index contributed by atoms with van der Waals surface area (Å²) in [7, 11) is 0. The van der Waals surface area contributed by atoms with Crippen molar-refractivity contribution in [3.05, 3.63) is 0 Å². The molecule has 1 fully saturated rings. The van der Waals surface area contributed by atoms with Crippen molar-refractivity contribution in [1.82, 2.24) is 10.2 Å². The van der Waals surface area contributed by atoms with Gasteiger partial charge in [-0.05, 0) is 25.2 Å². The lowest BCUT2D eigenvalue weighted by Gasteiger charge is -2.20. The summed E-state index contributed by atoms with van der Waals surface area (Å²) >= 11 is 0. The van der Waals surface area contributed by atoms with Gasteiger partial charge in [0.2, 0.25) is 0 Å². The fraction of sp³-hybridized carbons (Fsp3) is 0.833. The molecule has 17 heavy (non-hydrogen) atoms. The quantitative estimate of drug-likeness (QED) is 0.770. The summed E-state index contributed by atoms with van der Waals surface area (Å²) in [4.78, 5) is 24.4. The first-order chi connectivity index (χ1) is 8.08. The predicted molar refractivity (Wildman–Crippen MR) is 64.8 cm³/mol. The van der Waals surface area contributed by atoms with Crippen molar-refractivity contribution in [2.75, 3.05) is 13.1 Å². The Morgan fingerprint density at radius 2 is 2.18 bits per heavy atom. The number of carboxylic acids is 1. The number of rotatable bonds is 5. The summed E-state index contributed by atoms with van der Waals surface area (Å²) in [6.45, 7) is 5.39. The number of likely N-dealkylation sites (tertiary alicyclic amines) is 1. The highest BCUT2D eigenvalue weighted by atomic mass is 16.4. The zero-order chi connectivity index (χ0) is 12.8. The van der Waals surface area contributed by atoms with E-state index in [9.17, 15) is 9.59 Å². The van der Waals surface area contributed by atoms with Crippen LogP contribution in [0.2, 0.25) is 0 Å². The minimum atomic E-state index is -0.967. The number of hydrogen-bond donors (Lipinski definition) is 2. The summed E-state index contributed by atoms with van der Waals surface area (Å²) in [6, 6.07) is -1.01. The zero-order valence-corrected chi connectivity index (χ0v) is 10.6.